The Morgan fingerprint density at radius 2 is 2.04 bits per heavy atom. The zero-order valence-corrected chi connectivity index (χ0v) is 12.8. The Labute approximate surface area is 134 Å². The van der Waals surface area contributed by atoms with E-state index in [9.17, 15) is 19.0 Å². The first-order valence-corrected chi connectivity index (χ1v) is 7.27. The maximum atomic E-state index is 14.2. The summed E-state index contributed by atoms with van der Waals surface area (Å²) in [6.45, 7) is 0.768. The molecule has 0 amide bonds. The lowest BCUT2D eigenvalue weighted by Crippen LogP contribution is -2.32. The van der Waals surface area contributed by atoms with Crippen molar-refractivity contribution in [2.24, 2.45) is 0 Å². The first kappa shape index (κ1) is 16.3. The molecule has 0 aromatic carbocycles. The molecule has 2 aromatic heterocycles. The van der Waals surface area contributed by atoms with Gasteiger partial charge in [0.05, 0.1) is 12.0 Å². The van der Waals surface area contributed by atoms with Gasteiger partial charge in [0.1, 0.15) is 40.5 Å². The van der Waals surface area contributed by atoms with E-state index in [2.05, 4.69) is 9.97 Å². The highest BCUT2D eigenvalue weighted by atomic mass is 32.1. The quantitative estimate of drug-likeness (QED) is 0.480. The van der Waals surface area contributed by atoms with Crippen LogP contribution < -0.4 is 0 Å². The van der Waals surface area contributed by atoms with Gasteiger partial charge in [0, 0.05) is 11.1 Å². The Morgan fingerprint density at radius 1 is 1.35 bits per heavy atom. The third-order valence-electron chi connectivity index (χ3n) is 3.98. The van der Waals surface area contributed by atoms with Crippen LogP contribution in [0.15, 0.2) is 6.07 Å². The third-order valence-corrected chi connectivity index (χ3v) is 4.32. The molecule has 1 fully saturated rings. The normalized spacial score (nSPS) is 27.7. The molecule has 124 valence electrons. The van der Waals surface area contributed by atoms with Gasteiger partial charge in [-0.2, -0.15) is 4.39 Å². The van der Waals surface area contributed by atoms with Gasteiger partial charge in [0.25, 0.3) is 0 Å². The van der Waals surface area contributed by atoms with Crippen molar-refractivity contribution in [1.82, 2.24) is 9.97 Å². The Morgan fingerprint density at radius 3 is 2.65 bits per heavy atom. The van der Waals surface area contributed by atoms with E-state index in [1.165, 1.54) is 13.0 Å². The van der Waals surface area contributed by atoms with Crippen molar-refractivity contribution in [3.8, 4) is 0 Å². The minimum atomic E-state index is -1.34. The third kappa shape index (κ3) is 2.54. The number of H-pyrrole nitrogens is 1. The number of nitrogens with one attached hydrogen (secondary N) is 1. The SMILES string of the molecule is Cc1c(F)nc2[nH]c(=S)c([C@@H]3O[C@H](CO)C(O)[C@@H]3O)cc2c1F. The van der Waals surface area contributed by atoms with E-state index in [4.69, 9.17) is 22.1 Å². The minimum Gasteiger partial charge on any atom is -0.394 e. The van der Waals surface area contributed by atoms with Crippen LogP contribution in [0.25, 0.3) is 11.0 Å². The zero-order valence-electron chi connectivity index (χ0n) is 12.0. The molecule has 1 aliphatic heterocycles. The fourth-order valence-corrected chi connectivity index (χ4v) is 2.91. The molecule has 9 heteroatoms. The standard InChI is InChI=1S/C14H14F2N2O4S/c1-4-8(15)5-2-6(14(23)18-13(5)17-12(4)16)11-10(21)9(20)7(3-19)22-11/h2,7,9-11,19-21H,3H2,1H3,(H,17,18,23)/t7-,9?,10+,11+/m1/s1. The summed E-state index contributed by atoms with van der Waals surface area (Å²) in [7, 11) is 0. The molecule has 6 nitrogen and oxygen atoms in total. The van der Waals surface area contributed by atoms with Crippen LogP contribution in [-0.4, -0.2) is 50.2 Å². The molecule has 0 aliphatic carbocycles. The summed E-state index contributed by atoms with van der Waals surface area (Å²) in [4.78, 5) is 6.21. The first-order valence-electron chi connectivity index (χ1n) is 6.86. The van der Waals surface area contributed by atoms with Gasteiger partial charge in [-0.1, -0.05) is 12.2 Å². The average molecular weight is 344 g/mol. The monoisotopic (exact) mass is 344 g/mol. The number of aromatic amines is 1. The van der Waals surface area contributed by atoms with Gasteiger partial charge in [0.2, 0.25) is 5.95 Å². The highest BCUT2D eigenvalue weighted by molar-refractivity contribution is 7.71. The Bertz CT molecular complexity index is 829. The number of fused-ring (bicyclic) bond motifs is 1. The molecule has 3 heterocycles. The number of aliphatic hydroxyl groups is 3. The summed E-state index contributed by atoms with van der Waals surface area (Å²) in [5, 5.41) is 29.0. The molecular weight excluding hydrogens is 330 g/mol. The van der Waals surface area contributed by atoms with Crippen molar-refractivity contribution in [2.75, 3.05) is 6.61 Å². The number of rotatable bonds is 2. The number of aromatic nitrogens is 2. The van der Waals surface area contributed by atoms with Crippen LogP contribution in [-0.2, 0) is 4.74 Å². The van der Waals surface area contributed by atoms with Crippen LogP contribution >= 0.6 is 12.2 Å². The molecule has 1 unspecified atom stereocenters. The van der Waals surface area contributed by atoms with Crippen LogP contribution in [0.2, 0.25) is 0 Å². The molecular formula is C14H14F2N2O4S. The lowest BCUT2D eigenvalue weighted by molar-refractivity contribution is -0.0229. The predicted octanol–water partition coefficient (Wildman–Crippen LogP) is 1.03. The molecule has 4 N–H and O–H groups in total. The maximum Gasteiger partial charge on any atom is 0.220 e. The van der Waals surface area contributed by atoms with Crippen LogP contribution in [0.1, 0.15) is 17.2 Å². The molecule has 2 aromatic rings. The second kappa shape index (κ2) is 5.84. The van der Waals surface area contributed by atoms with E-state index in [1.807, 2.05) is 0 Å². The average Bonchev–Trinajstić information content (AvgIpc) is 2.80. The van der Waals surface area contributed by atoms with Crippen LogP contribution in [0.3, 0.4) is 0 Å². The van der Waals surface area contributed by atoms with Crippen molar-refractivity contribution in [3.63, 3.8) is 0 Å². The van der Waals surface area contributed by atoms with Gasteiger partial charge < -0.3 is 25.0 Å². The van der Waals surface area contributed by atoms with E-state index in [1.54, 1.807) is 0 Å². The Kier molecular flexibility index (Phi) is 4.15. The molecule has 0 spiro atoms. The molecule has 0 bridgehead atoms. The minimum absolute atomic E-state index is 0.00904. The van der Waals surface area contributed by atoms with E-state index in [0.29, 0.717) is 0 Å². The number of hydrogen-bond donors (Lipinski definition) is 4. The largest absolute Gasteiger partial charge is 0.394 e. The summed E-state index contributed by atoms with van der Waals surface area (Å²) in [6.07, 6.45) is -4.65. The molecule has 1 aliphatic rings. The van der Waals surface area contributed by atoms with Gasteiger partial charge >= 0.3 is 0 Å². The Balaban J connectivity index is 2.16. The maximum absolute atomic E-state index is 14.2. The number of pyridine rings is 2. The van der Waals surface area contributed by atoms with E-state index in [0.717, 1.165) is 0 Å². The molecule has 23 heavy (non-hydrogen) atoms. The summed E-state index contributed by atoms with van der Waals surface area (Å²) in [5.41, 5.74) is -0.0806. The second-order valence-electron chi connectivity index (χ2n) is 5.42. The van der Waals surface area contributed by atoms with Crippen molar-refractivity contribution < 1.29 is 28.8 Å². The fraction of sp³-hybridized carbons (Fsp3) is 0.429. The van der Waals surface area contributed by atoms with Crippen molar-refractivity contribution >= 4 is 23.3 Å². The number of aliphatic hydroxyl groups excluding tert-OH is 3. The molecule has 0 saturated carbocycles. The molecule has 3 rings (SSSR count). The molecule has 1 saturated heterocycles. The van der Waals surface area contributed by atoms with Crippen LogP contribution in [0.4, 0.5) is 8.78 Å². The molecule has 0 radical (unpaired) electrons. The second-order valence-corrected chi connectivity index (χ2v) is 5.82. The predicted molar refractivity (Wildman–Crippen MR) is 78.3 cm³/mol. The zero-order chi connectivity index (χ0) is 16.9. The van der Waals surface area contributed by atoms with Gasteiger partial charge in [-0.05, 0) is 13.0 Å². The Hall–Kier alpha value is -1.52. The van der Waals surface area contributed by atoms with Crippen molar-refractivity contribution in [2.45, 2.75) is 31.3 Å². The fourth-order valence-electron chi connectivity index (χ4n) is 2.63. The number of hydrogen-bond acceptors (Lipinski definition) is 6. The van der Waals surface area contributed by atoms with Gasteiger partial charge in [0.15, 0.2) is 0 Å². The highest BCUT2D eigenvalue weighted by Crippen LogP contribution is 2.35. The van der Waals surface area contributed by atoms with Crippen molar-refractivity contribution in [1.29, 1.82) is 0 Å². The van der Waals surface area contributed by atoms with E-state index < -0.39 is 42.8 Å². The number of nitrogens with zero attached hydrogens (tertiary/aromatic N) is 1. The highest BCUT2D eigenvalue weighted by Gasteiger charge is 2.43. The van der Waals surface area contributed by atoms with Gasteiger partial charge in [-0.3, -0.25) is 0 Å². The lowest BCUT2D eigenvalue weighted by Gasteiger charge is -2.16. The van der Waals surface area contributed by atoms with E-state index >= 15 is 0 Å². The van der Waals surface area contributed by atoms with Crippen molar-refractivity contribution in [3.05, 3.63) is 33.6 Å². The molecule has 4 atom stereocenters. The first-order chi connectivity index (χ1) is 10.8. The lowest BCUT2D eigenvalue weighted by atomic mass is 10.0. The summed E-state index contributed by atoms with van der Waals surface area (Å²) >= 11 is 5.13. The van der Waals surface area contributed by atoms with Gasteiger partial charge in [-0.15, -0.1) is 0 Å². The number of ether oxygens (including phenoxy) is 1. The summed E-state index contributed by atoms with van der Waals surface area (Å²) in [6, 6.07) is 1.31. The van der Waals surface area contributed by atoms with Gasteiger partial charge in [-0.25, -0.2) is 9.37 Å². The topological polar surface area (TPSA) is 98.6 Å². The smallest absolute Gasteiger partial charge is 0.220 e. The van der Waals surface area contributed by atoms with E-state index in [-0.39, 0.29) is 26.8 Å². The van der Waals surface area contributed by atoms with Crippen LogP contribution in [0.5, 0.6) is 0 Å². The van der Waals surface area contributed by atoms with Crippen LogP contribution in [0, 0.1) is 23.3 Å². The number of halogens is 2. The summed E-state index contributed by atoms with van der Waals surface area (Å²) < 4.78 is 33.2. The summed E-state index contributed by atoms with van der Waals surface area (Å²) in [5.74, 6) is -1.74.